The predicted octanol–water partition coefficient (Wildman–Crippen LogP) is 2.56. The van der Waals surface area contributed by atoms with Crippen LogP contribution in [0, 0.1) is 5.41 Å². The Morgan fingerprint density at radius 3 is 2.73 bits per heavy atom. The van der Waals surface area contributed by atoms with E-state index >= 15 is 0 Å². The van der Waals surface area contributed by atoms with E-state index in [1.54, 1.807) is 18.2 Å². The van der Waals surface area contributed by atoms with Crippen LogP contribution in [0.2, 0.25) is 5.02 Å². The van der Waals surface area contributed by atoms with Crippen molar-refractivity contribution >= 4 is 17.4 Å². The minimum Gasteiger partial charge on any atom is -0.490 e. The second-order valence-electron chi connectivity index (χ2n) is 3.72. The van der Waals surface area contributed by atoms with Crippen molar-refractivity contribution in [3.63, 3.8) is 0 Å². The van der Waals surface area contributed by atoms with Gasteiger partial charge in [-0.15, -0.1) is 0 Å². The fraction of sp³-hybridized carbons (Fsp3) is 0.364. The molecule has 0 aromatic heterocycles. The van der Waals surface area contributed by atoms with Crippen molar-refractivity contribution in [2.24, 2.45) is 5.73 Å². The van der Waals surface area contributed by atoms with Crippen LogP contribution in [-0.2, 0) is 0 Å². The number of nitrogens with one attached hydrogen (secondary N) is 1. The molecule has 0 unspecified atom stereocenters. The SMILES string of the molecule is N=C(N)c1cc(Cl)ccc1OC1CCC1. The van der Waals surface area contributed by atoms with Gasteiger partial charge in [0.1, 0.15) is 11.6 Å². The molecule has 1 aliphatic rings. The van der Waals surface area contributed by atoms with Gasteiger partial charge in [-0.2, -0.15) is 0 Å². The largest absolute Gasteiger partial charge is 0.490 e. The van der Waals surface area contributed by atoms with Gasteiger partial charge in [0, 0.05) is 5.02 Å². The Hall–Kier alpha value is -1.22. The Kier molecular flexibility index (Phi) is 2.82. The maximum Gasteiger partial charge on any atom is 0.130 e. The highest BCUT2D eigenvalue weighted by atomic mass is 35.5. The third-order valence-electron chi connectivity index (χ3n) is 2.58. The lowest BCUT2D eigenvalue weighted by atomic mass is 9.96. The highest BCUT2D eigenvalue weighted by Crippen LogP contribution is 2.29. The maximum absolute atomic E-state index is 7.43. The van der Waals surface area contributed by atoms with E-state index in [0.717, 1.165) is 12.8 Å². The van der Waals surface area contributed by atoms with Gasteiger partial charge in [0.15, 0.2) is 0 Å². The Labute approximate surface area is 93.7 Å². The molecule has 1 aromatic rings. The summed E-state index contributed by atoms with van der Waals surface area (Å²) in [6, 6.07) is 5.19. The number of hydrogen-bond acceptors (Lipinski definition) is 2. The van der Waals surface area contributed by atoms with Crippen LogP contribution in [-0.4, -0.2) is 11.9 Å². The summed E-state index contributed by atoms with van der Waals surface area (Å²) in [5.41, 5.74) is 6.04. The lowest BCUT2D eigenvalue weighted by molar-refractivity contribution is 0.120. The minimum atomic E-state index is -0.00757. The zero-order chi connectivity index (χ0) is 10.8. The summed E-state index contributed by atoms with van der Waals surface area (Å²) in [4.78, 5) is 0. The average molecular weight is 225 g/mol. The first kappa shape index (κ1) is 10.3. The Morgan fingerprint density at radius 2 is 2.20 bits per heavy atom. The smallest absolute Gasteiger partial charge is 0.130 e. The van der Waals surface area contributed by atoms with Gasteiger partial charge in [-0.25, -0.2) is 0 Å². The Bertz CT molecular complexity index is 388. The summed E-state index contributed by atoms with van der Waals surface area (Å²) >= 11 is 5.84. The van der Waals surface area contributed by atoms with Gasteiger partial charge < -0.3 is 10.5 Å². The van der Waals surface area contributed by atoms with Crippen molar-refractivity contribution in [1.82, 2.24) is 0 Å². The third kappa shape index (κ3) is 2.23. The van der Waals surface area contributed by atoms with Crippen LogP contribution >= 0.6 is 11.6 Å². The van der Waals surface area contributed by atoms with Gasteiger partial charge in [0.2, 0.25) is 0 Å². The maximum atomic E-state index is 7.43. The van der Waals surface area contributed by atoms with Crippen LogP contribution < -0.4 is 10.5 Å². The fourth-order valence-electron chi connectivity index (χ4n) is 1.48. The van der Waals surface area contributed by atoms with Gasteiger partial charge in [-0.1, -0.05) is 11.6 Å². The minimum absolute atomic E-state index is 0.00757. The lowest BCUT2D eigenvalue weighted by Gasteiger charge is -2.27. The molecule has 3 nitrogen and oxygen atoms in total. The predicted molar refractivity (Wildman–Crippen MR) is 60.7 cm³/mol. The summed E-state index contributed by atoms with van der Waals surface area (Å²) in [7, 11) is 0. The van der Waals surface area contributed by atoms with Crippen LogP contribution in [0.15, 0.2) is 18.2 Å². The molecule has 1 aliphatic carbocycles. The molecule has 1 saturated carbocycles. The summed E-state index contributed by atoms with van der Waals surface area (Å²) in [5, 5.41) is 8.00. The summed E-state index contributed by atoms with van der Waals surface area (Å²) in [6.45, 7) is 0. The molecular formula is C11H13ClN2O. The molecule has 0 spiro atoms. The van der Waals surface area contributed by atoms with Crippen molar-refractivity contribution in [3.05, 3.63) is 28.8 Å². The van der Waals surface area contributed by atoms with E-state index in [0.29, 0.717) is 16.3 Å². The van der Waals surface area contributed by atoms with E-state index in [9.17, 15) is 0 Å². The number of nitrogens with two attached hydrogens (primary N) is 1. The molecule has 80 valence electrons. The van der Waals surface area contributed by atoms with Crippen LogP contribution in [0.25, 0.3) is 0 Å². The first-order valence-electron chi connectivity index (χ1n) is 4.97. The lowest BCUT2D eigenvalue weighted by Crippen LogP contribution is -2.26. The molecular weight excluding hydrogens is 212 g/mol. The fourth-order valence-corrected chi connectivity index (χ4v) is 1.66. The van der Waals surface area contributed by atoms with Crippen molar-refractivity contribution in [3.8, 4) is 5.75 Å². The van der Waals surface area contributed by atoms with E-state index in [1.807, 2.05) is 0 Å². The van der Waals surface area contributed by atoms with Crippen molar-refractivity contribution in [2.45, 2.75) is 25.4 Å². The molecule has 2 rings (SSSR count). The number of hydrogen-bond donors (Lipinski definition) is 2. The van der Waals surface area contributed by atoms with Crippen LogP contribution in [0.4, 0.5) is 0 Å². The monoisotopic (exact) mass is 224 g/mol. The Morgan fingerprint density at radius 1 is 1.47 bits per heavy atom. The van der Waals surface area contributed by atoms with Gasteiger partial charge >= 0.3 is 0 Å². The van der Waals surface area contributed by atoms with Gasteiger partial charge in [-0.05, 0) is 37.5 Å². The first-order chi connectivity index (χ1) is 7.16. The van der Waals surface area contributed by atoms with E-state index in [2.05, 4.69) is 0 Å². The second kappa shape index (κ2) is 4.11. The topological polar surface area (TPSA) is 59.1 Å². The molecule has 1 aromatic carbocycles. The summed E-state index contributed by atoms with van der Waals surface area (Å²) in [5.74, 6) is 0.656. The van der Waals surface area contributed by atoms with Crippen LogP contribution in [0.1, 0.15) is 24.8 Å². The van der Waals surface area contributed by atoms with Crippen molar-refractivity contribution in [2.75, 3.05) is 0 Å². The molecule has 0 amide bonds. The van der Waals surface area contributed by atoms with E-state index in [4.69, 9.17) is 27.5 Å². The first-order valence-corrected chi connectivity index (χ1v) is 5.35. The second-order valence-corrected chi connectivity index (χ2v) is 4.16. The zero-order valence-corrected chi connectivity index (χ0v) is 9.05. The van der Waals surface area contributed by atoms with Gasteiger partial charge in [0.25, 0.3) is 0 Å². The van der Waals surface area contributed by atoms with Gasteiger partial charge in [-0.3, -0.25) is 5.41 Å². The van der Waals surface area contributed by atoms with E-state index < -0.39 is 0 Å². The molecule has 0 atom stereocenters. The average Bonchev–Trinajstić information content (AvgIpc) is 2.12. The Balaban J connectivity index is 2.23. The number of rotatable bonds is 3. The normalized spacial score (nSPS) is 15.8. The molecule has 0 radical (unpaired) electrons. The molecule has 0 aliphatic heterocycles. The number of ether oxygens (including phenoxy) is 1. The molecule has 15 heavy (non-hydrogen) atoms. The van der Waals surface area contributed by atoms with Crippen molar-refractivity contribution in [1.29, 1.82) is 5.41 Å². The molecule has 0 heterocycles. The molecule has 3 N–H and O–H groups in total. The van der Waals surface area contributed by atoms with E-state index in [1.165, 1.54) is 6.42 Å². The molecule has 0 saturated heterocycles. The third-order valence-corrected chi connectivity index (χ3v) is 2.81. The van der Waals surface area contributed by atoms with Gasteiger partial charge in [0.05, 0.1) is 11.7 Å². The molecule has 0 bridgehead atoms. The zero-order valence-electron chi connectivity index (χ0n) is 8.29. The van der Waals surface area contributed by atoms with E-state index in [-0.39, 0.29) is 11.9 Å². The molecule has 1 fully saturated rings. The van der Waals surface area contributed by atoms with Crippen LogP contribution in [0.5, 0.6) is 5.75 Å². The number of nitrogen functional groups attached to an aromatic ring is 1. The van der Waals surface area contributed by atoms with Crippen molar-refractivity contribution < 1.29 is 4.74 Å². The molecule has 4 heteroatoms. The number of amidine groups is 1. The highest BCUT2D eigenvalue weighted by molar-refractivity contribution is 6.31. The number of halogens is 1. The standard InChI is InChI=1S/C11H13ClN2O/c12-7-4-5-10(9(6-7)11(13)14)15-8-2-1-3-8/h4-6,8H,1-3H2,(H3,13,14). The summed E-state index contributed by atoms with van der Waals surface area (Å²) in [6.07, 6.45) is 3.66. The quantitative estimate of drug-likeness (QED) is 0.612. The summed E-state index contributed by atoms with van der Waals surface area (Å²) < 4.78 is 5.72. The van der Waals surface area contributed by atoms with Crippen LogP contribution in [0.3, 0.4) is 0 Å². The highest BCUT2D eigenvalue weighted by Gasteiger charge is 2.20. The number of benzene rings is 1.